The zero-order valence-electron chi connectivity index (χ0n) is 14.4. The van der Waals surface area contributed by atoms with Crippen molar-refractivity contribution in [3.05, 3.63) is 42.7 Å². The number of aliphatic hydroxyl groups excluding tert-OH is 1. The largest absolute Gasteiger partial charge is 0.392 e. The second kappa shape index (κ2) is 6.44. The molecule has 0 aliphatic heterocycles. The lowest BCUT2D eigenvalue weighted by Crippen LogP contribution is -2.41. The van der Waals surface area contributed by atoms with E-state index in [1.165, 1.54) is 12.7 Å². The summed E-state index contributed by atoms with van der Waals surface area (Å²) in [7, 11) is 0. The number of hydrogen-bond donors (Lipinski definition) is 2. The van der Waals surface area contributed by atoms with Gasteiger partial charge in [0.1, 0.15) is 12.1 Å². The Labute approximate surface area is 146 Å². The van der Waals surface area contributed by atoms with Crippen LogP contribution in [0.25, 0.3) is 17.0 Å². The van der Waals surface area contributed by atoms with Crippen molar-refractivity contribution in [1.82, 2.24) is 19.6 Å². The molecule has 1 aliphatic carbocycles. The van der Waals surface area contributed by atoms with Crippen molar-refractivity contribution in [1.29, 1.82) is 0 Å². The molecular weight excluding hydrogens is 314 g/mol. The molecule has 1 saturated carbocycles. The maximum absolute atomic E-state index is 10.4. The van der Waals surface area contributed by atoms with Gasteiger partial charge in [-0.1, -0.05) is 50.1 Å². The second-order valence-corrected chi connectivity index (χ2v) is 7.13. The van der Waals surface area contributed by atoms with Crippen molar-refractivity contribution in [2.45, 2.75) is 38.7 Å². The van der Waals surface area contributed by atoms with Crippen LogP contribution in [0.4, 0.5) is 5.82 Å². The van der Waals surface area contributed by atoms with E-state index in [0.29, 0.717) is 12.3 Å². The quantitative estimate of drug-likeness (QED) is 0.765. The Morgan fingerprint density at radius 2 is 2.12 bits per heavy atom. The van der Waals surface area contributed by atoms with Gasteiger partial charge in [0.25, 0.3) is 5.78 Å². The van der Waals surface area contributed by atoms with Crippen molar-refractivity contribution in [3.8, 4) is 11.3 Å². The first-order chi connectivity index (χ1) is 12.2. The molecule has 2 heterocycles. The van der Waals surface area contributed by atoms with Crippen LogP contribution < -0.4 is 5.32 Å². The first-order valence-electron chi connectivity index (χ1n) is 8.84. The summed E-state index contributed by atoms with van der Waals surface area (Å²) >= 11 is 0. The van der Waals surface area contributed by atoms with Crippen LogP contribution in [0.15, 0.2) is 42.7 Å². The fourth-order valence-corrected chi connectivity index (χ4v) is 3.58. The number of hydrogen-bond acceptors (Lipinski definition) is 5. The van der Waals surface area contributed by atoms with Gasteiger partial charge in [0.15, 0.2) is 0 Å². The van der Waals surface area contributed by atoms with Crippen LogP contribution in [0.5, 0.6) is 0 Å². The molecule has 2 atom stereocenters. The molecule has 0 saturated heterocycles. The van der Waals surface area contributed by atoms with Gasteiger partial charge in [0.05, 0.1) is 11.8 Å². The van der Waals surface area contributed by atoms with Gasteiger partial charge in [-0.3, -0.25) is 0 Å². The zero-order chi connectivity index (χ0) is 17.3. The molecular formula is C19H23N5O. The fraction of sp³-hybridized carbons (Fsp3) is 0.421. The summed E-state index contributed by atoms with van der Waals surface area (Å²) in [6.45, 7) is 2.85. The van der Waals surface area contributed by atoms with Crippen LogP contribution in [0.3, 0.4) is 0 Å². The highest BCUT2D eigenvalue weighted by Crippen LogP contribution is 2.36. The first kappa shape index (κ1) is 16.0. The van der Waals surface area contributed by atoms with Crippen molar-refractivity contribution < 1.29 is 5.11 Å². The number of rotatable bonds is 4. The van der Waals surface area contributed by atoms with Crippen LogP contribution in [-0.2, 0) is 0 Å². The molecule has 2 N–H and O–H groups in total. The van der Waals surface area contributed by atoms with Gasteiger partial charge in [-0.2, -0.15) is 14.6 Å². The molecule has 2 aromatic heterocycles. The van der Waals surface area contributed by atoms with E-state index in [-0.39, 0.29) is 11.5 Å². The Bertz CT molecular complexity index is 863. The maximum atomic E-state index is 10.4. The third-order valence-electron chi connectivity index (χ3n) is 5.27. The molecule has 130 valence electrons. The summed E-state index contributed by atoms with van der Waals surface area (Å²) in [5.74, 6) is 1.42. The van der Waals surface area contributed by atoms with Crippen LogP contribution in [0, 0.1) is 5.41 Å². The Morgan fingerprint density at radius 1 is 1.28 bits per heavy atom. The highest BCUT2D eigenvalue weighted by molar-refractivity contribution is 5.65. The smallest absolute Gasteiger partial charge is 0.254 e. The molecule has 2 unspecified atom stereocenters. The summed E-state index contributed by atoms with van der Waals surface area (Å²) in [5.41, 5.74) is 1.78. The van der Waals surface area contributed by atoms with Gasteiger partial charge in [0, 0.05) is 23.6 Å². The first-order valence-corrected chi connectivity index (χ1v) is 8.84. The number of anilines is 1. The van der Waals surface area contributed by atoms with E-state index < -0.39 is 0 Å². The molecule has 25 heavy (non-hydrogen) atoms. The minimum Gasteiger partial charge on any atom is -0.392 e. The van der Waals surface area contributed by atoms with Crippen LogP contribution in [0.1, 0.15) is 32.6 Å². The van der Waals surface area contributed by atoms with Gasteiger partial charge >= 0.3 is 0 Å². The van der Waals surface area contributed by atoms with Crippen LogP contribution in [-0.4, -0.2) is 37.3 Å². The third-order valence-corrected chi connectivity index (χ3v) is 5.27. The molecule has 0 spiro atoms. The summed E-state index contributed by atoms with van der Waals surface area (Å²) in [6.07, 6.45) is 5.42. The molecule has 6 heteroatoms. The summed E-state index contributed by atoms with van der Waals surface area (Å²) in [6, 6.07) is 12.0. The second-order valence-electron chi connectivity index (χ2n) is 7.13. The van der Waals surface area contributed by atoms with E-state index in [9.17, 15) is 5.11 Å². The number of nitrogens with zero attached hydrogens (tertiary/aromatic N) is 4. The standard InChI is InChI=1S/C19H23N5O/c1-19(10-6-5-9-16(19)25)12-20-17-11-15(14-7-3-2-4-8-14)23-18-21-13-22-24(17)18/h2-4,7-8,11,13,16,20,25H,5-6,9-10,12H2,1H3. The lowest BCUT2D eigenvalue weighted by molar-refractivity contribution is 0.00956. The van der Waals surface area contributed by atoms with Gasteiger partial charge in [-0.15, -0.1) is 0 Å². The van der Waals surface area contributed by atoms with Crippen molar-refractivity contribution in [3.63, 3.8) is 0 Å². The minimum absolute atomic E-state index is 0.124. The SMILES string of the molecule is CC1(CNc2cc(-c3ccccc3)nc3ncnn23)CCCCC1O. The van der Waals surface area contributed by atoms with Gasteiger partial charge in [0.2, 0.25) is 0 Å². The number of nitrogens with one attached hydrogen (secondary N) is 1. The van der Waals surface area contributed by atoms with Crippen LogP contribution >= 0.6 is 0 Å². The molecule has 3 aromatic rings. The average Bonchev–Trinajstić information content (AvgIpc) is 3.12. The van der Waals surface area contributed by atoms with E-state index in [4.69, 9.17) is 0 Å². The van der Waals surface area contributed by atoms with E-state index in [1.807, 2.05) is 36.4 Å². The minimum atomic E-state index is -0.268. The number of aliphatic hydroxyl groups is 1. The number of aromatic nitrogens is 4. The predicted octanol–water partition coefficient (Wildman–Crippen LogP) is 3.14. The maximum Gasteiger partial charge on any atom is 0.254 e. The third kappa shape index (κ3) is 3.09. The van der Waals surface area contributed by atoms with Crippen molar-refractivity contribution >= 4 is 11.6 Å². The van der Waals surface area contributed by atoms with E-state index >= 15 is 0 Å². The number of benzene rings is 1. The molecule has 1 aromatic carbocycles. The fourth-order valence-electron chi connectivity index (χ4n) is 3.58. The highest BCUT2D eigenvalue weighted by atomic mass is 16.3. The summed E-state index contributed by atoms with van der Waals surface area (Å²) in [4.78, 5) is 8.84. The lowest BCUT2D eigenvalue weighted by Gasteiger charge is -2.38. The molecule has 6 nitrogen and oxygen atoms in total. The predicted molar refractivity (Wildman–Crippen MR) is 97.3 cm³/mol. The summed E-state index contributed by atoms with van der Waals surface area (Å²) in [5, 5.41) is 18.2. The van der Waals surface area contributed by atoms with E-state index in [1.54, 1.807) is 4.52 Å². The molecule has 1 fully saturated rings. The van der Waals surface area contributed by atoms with E-state index in [2.05, 4.69) is 27.3 Å². The van der Waals surface area contributed by atoms with Crippen molar-refractivity contribution in [2.75, 3.05) is 11.9 Å². The Balaban J connectivity index is 1.65. The normalized spacial score (nSPS) is 23.7. The van der Waals surface area contributed by atoms with Crippen LogP contribution in [0.2, 0.25) is 0 Å². The zero-order valence-corrected chi connectivity index (χ0v) is 14.4. The van der Waals surface area contributed by atoms with Gasteiger partial charge < -0.3 is 10.4 Å². The Morgan fingerprint density at radius 3 is 2.92 bits per heavy atom. The molecule has 4 rings (SSSR count). The summed E-state index contributed by atoms with van der Waals surface area (Å²) < 4.78 is 1.71. The van der Waals surface area contributed by atoms with Gasteiger partial charge in [-0.05, 0) is 12.8 Å². The molecule has 0 radical (unpaired) electrons. The molecule has 0 bridgehead atoms. The molecule has 0 amide bonds. The Kier molecular flexibility index (Phi) is 4.13. The van der Waals surface area contributed by atoms with Gasteiger partial charge in [-0.25, -0.2) is 4.98 Å². The highest BCUT2D eigenvalue weighted by Gasteiger charge is 2.35. The average molecular weight is 337 g/mol. The van der Waals surface area contributed by atoms with E-state index in [0.717, 1.165) is 36.3 Å². The van der Waals surface area contributed by atoms with Crippen molar-refractivity contribution in [2.24, 2.45) is 5.41 Å². The molecule has 1 aliphatic rings. The Hall–Kier alpha value is -2.47. The monoisotopic (exact) mass is 337 g/mol. The topological polar surface area (TPSA) is 75.3 Å². The number of fused-ring (bicyclic) bond motifs is 1. The lowest BCUT2D eigenvalue weighted by atomic mass is 9.73.